The second-order valence-electron chi connectivity index (χ2n) is 8.18. The van der Waals surface area contributed by atoms with Crippen molar-refractivity contribution in [3.63, 3.8) is 0 Å². The number of amides is 3. The lowest BCUT2D eigenvalue weighted by Crippen LogP contribution is -2.36. The molecule has 0 atom stereocenters. The number of benzene rings is 3. The van der Waals surface area contributed by atoms with Crippen molar-refractivity contribution < 1.29 is 23.2 Å². The number of carbonyl (C=O) groups excluding carboxylic acids is 3. The molecule has 0 spiro atoms. The Morgan fingerprint density at radius 1 is 0.917 bits per heavy atom. The van der Waals surface area contributed by atoms with Crippen LogP contribution in [0, 0.1) is 11.6 Å². The average Bonchev–Trinajstić information content (AvgIpc) is 3.34. The number of fused-ring (bicyclic) bond motifs is 1. The van der Waals surface area contributed by atoms with Gasteiger partial charge >= 0.3 is 0 Å². The fourth-order valence-corrected chi connectivity index (χ4v) is 4.79. The molecule has 0 saturated carbocycles. The van der Waals surface area contributed by atoms with Crippen LogP contribution in [0.4, 0.5) is 19.3 Å². The van der Waals surface area contributed by atoms with Crippen LogP contribution >= 0.6 is 11.8 Å². The van der Waals surface area contributed by atoms with E-state index in [-0.39, 0.29) is 10.7 Å². The van der Waals surface area contributed by atoms with Crippen LogP contribution in [-0.2, 0) is 16.1 Å². The van der Waals surface area contributed by atoms with Gasteiger partial charge in [0, 0.05) is 34.9 Å². The van der Waals surface area contributed by atoms with Crippen molar-refractivity contribution in [1.82, 2.24) is 9.47 Å². The lowest BCUT2D eigenvalue weighted by atomic mass is 10.1. The number of nitrogens with one attached hydrogen (secondary N) is 1. The molecule has 3 amide bonds. The van der Waals surface area contributed by atoms with Gasteiger partial charge in [-0.15, -0.1) is 0 Å². The molecule has 0 bridgehead atoms. The highest BCUT2D eigenvalue weighted by Crippen LogP contribution is 2.34. The van der Waals surface area contributed by atoms with E-state index in [2.05, 4.69) is 5.32 Å². The summed E-state index contributed by atoms with van der Waals surface area (Å²) < 4.78 is 28.4. The SMILES string of the molecule is O=C(CN1C(=O)S/C(=C\c2cn(Cc3ccc(F)cc3)c3ccccc23)C1=O)Nc1ccc(F)cc1. The van der Waals surface area contributed by atoms with E-state index in [4.69, 9.17) is 0 Å². The van der Waals surface area contributed by atoms with E-state index >= 15 is 0 Å². The molecule has 1 fully saturated rings. The highest BCUT2D eigenvalue weighted by molar-refractivity contribution is 8.18. The maximum Gasteiger partial charge on any atom is 0.294 e. The van der Waals surface area contributed by atoms with E-state index in [0.717, 1.165) is 38.7 Å². The van der Waals surface area contributed by atoms with Crippen LogP contribution in [0.25, 0.3) is 17.0 Å². The lowest BCUT2D eigenvalue weighted by molar-refractivity contribution is -0.127. The van der Waals surface area contributed by atoms with Gasteiger partial charge in [-0.3, -0.25) is 19.3 Å². The van der Waals surface area contributed by atoms with Crippen molar-refractivity contribution in [2.45, 2.75) is 6.54 Å². The Morgan fingerprint density at radius 3 is 2.31 bits per heavy atom. The maximum atomic E-state index is 13.3. The molecule has 36 heavy (non-hydrogen) atoms. The van der Waals surface area contributed by atoms with Gasteiger partial charge in [-0.05, 0) is 65.9 Å². The third kappa shape index (κ3) is 4.92. The number of aromatic nitrogens is 1. The molecule has 180 valence electrons. The molecule has 3 aromatic carbocycles. The van der Waals surface area contributed by atoms with Crippen molar-refractivity contribution in [1.29, 1.82) is 0 Å². The molecule has 0 radical (unpaired) electrons. The molecule has 1 N–H and O–H groups in total. The van der Waals surface area contributed by atoms with Crippen molar-refractivity contribution in [2.75, 3.05) is 11.9 Å². The minimum Gasteiger partial charge on any atom is -0.342 e. The number of carbonyl (C=O) groups is 3. The van der Waals surface area contributed by atoms with E-state index in [0.29, 0.717) is 12.2 Å². The highest BCUT2D eigenvalue weighted by Gasteiger charge is 2.36. The molecular weight excluding hydrogens is 484 g/mol. The molecule has 0 aliphatic carbocycles. The van der Waals surface area contributed by atoms with Crippen molar-refractivity contribution in [2.24, 2.45) is 0 Å². The Bertz CT molecular complexity index is 1510. The third-order valence-electron chi connectivity index (χ3n) is 5.68. The Balaban J connectivity index is 1.36. The van der Waals surface area contributed by atoms with Crippen molar-refractivity contribution in [3.8, 4) is 0 Å². The summed E-state index contributed by atoms with van der Waals surface area (Å²) in [4.78, 5) is 38.9. The smallest absolute Gasteiger partial charge is 0.294 e. The normalized spacial score (nSPS) is 14.7. The fourth-order valence-electron chi connectivity index (χ4n) is 3.96. The molecule has 2 heterocycles. The second kappa shape index (κ2) is 9.79. The Kier molecular flexibility index (Phi) is 6.39. The summed E-state index contributed by atoms with van der Waals surface area (Å²) in [6, 6.07) is 19.1. The van der Waals surface area contributed by atoms with Crippen LogP contribution in [0.1, 0.15) is 11.1 Å². The first-order valence-electron chi connectivity index (χ1n) is 11.0. The minimum atomic E-state index is -0.568. The van der Waals surface area contributed by atoms with Gasteiger partial charge in [0.2, 0.25) is 5.91 Å². The van der Waals surface area contributed by atoms with Crippen LogP contribution in [0.2, 0.25) is 0 Å². The van der Waals surface area contributed by atoms with Gasteiger partial charge < -0.3 is 9.88 Å². The monoisotopic (exact) mass is 503 g/mol. The standard InChI is InChI=1S/C27H19F2N3O3S/c28-19-7-5-17(6-8-19)14-31-15-18(22-3-1-2-4-23(22)31)13-24-26(34)32(27(35)36-24)16-25(33)30-21-11-9-20(29)10-12-21/h1-13,15H,14,16H2,(H,30,33)/b24-13-. The number of hydrogen-bond donors (Lipinski definition) is 1. The summed E-state index contributed by atoms with van der Waals surface area (Å²) in [5.41, 5.74) is 2.94. The predicted molar refractivity (Wildman–Crippen MR) is 135 cm³/mol. The first-order valence-corrected chi connectivity index (χ1v) is 11.8. The second-order valence-corrected chi connectivity index (χ2v) is 9.17. The van der Waals surface area contributed by atoms with E-state index in [1.807, 2.05) is 35.0 Å². The number of anilines is 1. The van der Waals surface area contributed by atoms with Gasteiger partial charge in [0.25, 0.3) is 11.1 Å². The van der Waals surface area contributed by atoms with Gasteiger partial charge in [-0.1, -0.05) is 30.3 Å². The van der Waals surface area contributed by atoms with E-state index in [1.165, 1.54) is 36.4 Å². The lowest BCUT2D eigenvalue weighted by Gasteiger charge is -2.12. The quantitative estimate of drug-likeness (QED) is 0.346. The van der Waals surface area contributed by atoms with Crippen LogP contribution in [-0.4, -0.2) is 33.1 Å². The zero-order valence-corrected chi connectivity index (χ0v) is 19.6. The molecule has 1 aliphatic rings. The Hall–Kier alpha value is -4.24. The molecule has 1 aromatic heterocycles. The third-order valence-corrected chi connectivity index (χ3v) is 6.58. The summed E-state index contributed by atoms with van der Waals surface area (Å²) in [5.74, 6) is -1.88. The van der Waals surface area contributed by atoms with Gasteiger partial charge in [0.05, 0.1) is 4.91 Å². The summed E-state index contributed by atoms with van der Waals surface area (Å²) in [5, 5.41) is 2.89. The first kappa shape index (κ1) is 23.5. The van der Waals surface area contributed by atoms with Gasteiger partial charge in [0.15, 0.2) is 0 Å². The van der Waals surface area contributed by atoms with Crippen LogP contribution < -0.4 is 5.32 Å². The van der Waals surface area contributed by atoms with Gasteiger partial charge in [-0.25, -0.2) is 8.78 Å². The number of halogens is 2. The maximum absolute atomic E-state index is 13.3. The zero-order chi connectivity index (χ0) is 25.2. The molecule has 1 saturated heterocycles. The summed E-state index contributed by atoms with van der Waals surface area (Å²) >= 11 is 0.768. The number of nitrogens with zero attached hydrogens (tertiary/aromatic N) is 2. The van der Waals surface area contributed by atoms with E-state index < -0.39 is 29.4 Å². The van der Waals surface area contributed by atoms with Crippen LogP contribution in [0.3, 0.4) is 0 Å². The topological polar surface area (TPSA) is 71.4 Å². The number of hydrogen-bond acceptors (Lipinski definition) is 4. The van der Waals surface area contributed by atoms with Crippen LogP contribution in [0.15, 0.2) is 83.9 Å². The summed E-state index contributed by atoms with van der Waals surface area (Å²) in [7, 11) is 0. The summed E-state index contributed by atoms with van der Waals surface area (Å²) in [6.45, 7) is 0.0470. The molecule has 9 heteroatoms. The Labute approximate surface area is 209 Å². The van der Waals surface area contributed by atoms with Crippen molar-refractivity contribution >= 4 is 51.5 Å². The number of thioether (sulfide) groups is 1. The highest BCUT2D eigenvalue weighted by atomic mass is 32.2. The largest absolute Gasteiger partial charge is 0.342 e. The molecule has 4 aromatic rings. The zero-order valence-electron chi connectivity index (χ0n) is 18.8. The van der Waals surface area contributed by atoms with Crippen molar-refractivity contribution in [3.05, 3.63) is 107 Å². The van der Waals surface area contributed by atoms with Crippen LogP contribution in [0.5, 0.6) is 0 Å². The fraction of sp³-hybridized carbons (Fsp3) is 0.0741. The summed E-state index contributed by atoms with van der Waals surface area (Å²) in [6.07, 6.45) is 3.52. The molecule has 6 nitrogen and oxygen atoms in total. The Morgan fingerprint density at radius 2 is 1.58 bits per heavy atom. The van der Waals surface area contributed by atoms with E-state index in [1.54, 1.807) is 18.2 Å². The molecule has 0 unspecified atom stereocenters. The van der Waals surface area contributed by atoms with Gasteiger partial charge in [-0.2, -0.15) is 0 Å². The van der Waals surface area contributed by atoms with Gasteiger partial charge in [0.1, 0.15) is 18.2 Å². The number of para-hydroxylation sites is 1. The van der Waals surface area contributed by atoms with E-state index in [9.17, 15) is 23.2 Å². The molecular formula is C27H19F2N3O3S. The average molecular weight is 504 g/mol. The number of rotatable bonds is 6. The molecule has 1 aliphatic heterocycles. The minimum absolute atomic E-state index is 0.208. The predicted octanol–water partition coefficient (Wildman–Crippen LogP) is 5.64. The number of imide groups is 1. The molecule has 5 rings (SSSR count). The first-order chi connectivity index (χ1) is 17.4.